The number of anilines is 1. The van der Waals surface area contributed by atoms with Gasteiger partial charge >= 0.3 is 11.4 Å². The zero-order valence-electron chi connectivity index (χ0n) is 15.2. The summed E-state index contributed by atoms with van der Waals surface area (Å²) in [7, 11) is -1.73. The zero-order chi connectivity index (χ0) is 21.9. The monoisotopic (exact) mass is 475 g/mol. The Labute approximate surface area is 173 Å². The number of rotatable bonds is 8. The van der Waals surface area contributed by atoms with E-state index < -0.39 is 32.9 Å². The van der Waals surface area contributed by atoms with Gasteiger partial charge in [0.2, 0.25) is 17.7 Å². The van der Waals surface area contributed by atoms with Crippen molar-refractivity contribution < 1.29 is 36.2 Å². The van der Waals surface area contributed by atoms with Crippen LogP contribution in [0.25, 0.3) is 0 Å². The van der Waals surface area contributed by atoms with E-state index in [2.05, 4.69) is 20.0 Å². The van der Waals surface area contributed by atoms with Crippen LogP contribution in [0.15, 0.2) is 17.2 Å². The van der Waals surface area contributed by atoms with Crippen LogP contribution in [0.5, 0.6) is 11.8 Å². The number of sulfonamides is 1. The van der Waals surface area contributed by atoms with Crippen molar-refractivity contribution >= 4 is 45.6 Å². The molecule has 0 radical (unpaired) electrons. The van der Waals surface area contributed by atoms with Crippen molar-refractivity contribution in [2.45, 2.75) is 17.2 Å². The second-order valence-electron chi connectivity index (χ2n) is 5.51. The number of methoxy groups -OCH3 is 2. The summed E-state index contributed by atoms with van der Waals surface area (Å²) in [4.78, 5) is 17.9. The molecular weight excluding hydrogens is 460 g/mol. The number of hydrogen-bond acceptors (Lipinski definition) is 10. The molecule has 162 valence electrons. The van der Waals surface area contributed by atoms with Gasteiger partial charge in [0.15, 0.2) is 16.6 Å². The highest BCUT2D eigenvalue weighted by atomic mass is 35.5. The molecule has 0 aromatic carbocycles. The maximum Gasteiger partial charge on any atom is 0.355 e. The van der Waals surface area contributed by atoms with Crippen LogP contribution >= 0.6 is 23.5 Å². The molecule has 0 saturated heterocycles. The Balaban J connectivity index is 2.08. The Morgan fingerprint density at radius 2 is 1.93 bits per heavy atom. The molecule has 16 heteroatoms. The zero-order valence-corrected chi connectivity index (χ0v) is 17.5. The van der Waals surface area contributed by atoms with Crippen LogP contribution in [0.1, 0.15) is 6.92 Å². The van der Waals surface area contributed by atoms with Crippen molar-refractivity contribution in [2.75, 3.05) is 26.1 Å². The molecule has 2 heterocycles. The first-order valence-electron chi connectivity index (χ1n) is 7.54. The largest absolute Gasteiger partial charge is 0.481 e. The highest BCUT2D eigenvalue weighted by Gasteiger charge is 2.44. The molecule has 3 N–H and O–H groups in total. The number of hydrogen-bond donors (Lipinski definition) is 3. The molecule has 0 fully saturated rings. The van der Waals surface area contributed by atoms with Crippen LogP contribution in [0.2, 0.25) is 0 Å². The average Bonchev–Trinajstić information content (AvgIpc) is 3.01. The predicted octanol–water partition coefficient (Wildman–Crippen LogP) is 1.60. The van der Waals surface area contributed by atoms with Gasteiger partial charge in [0.1, 0.15) is 0 Å². The molecule has 1 unspecified atom stereocenters. The molecule has 0 aliphatic carbocycles. The van der Waals surface area contributed by atoms with Gasteiger partial charge in [-0.3, -0.25) is 5.32 Å². The summed E-state index contributed by atoms with van der Waals surface area (Å²) in [5.74, 6) is -0.148. The second-order valence-corrected chi connectivity index (χ2v) is 8.94. The third kappa shape index (κ3) is 6.19. The summed E-state index contributed by atoms with van der Waals surface area (Å²) in [6, 6.07) is 0.167. The second kappa shape index (κ2) is 8.73. The van der Waals surface area contributed by atoms with E-state index >= 15 is 0 Å². The number of carbonyl (C=O) groups excluding carboxylic acids is 1. The molecule has 11 nitrogen and oxygen atoms in total. The van der Waals surface area contributed by atoms with Gasteiger partial charge < -0.3 is 14.2 Å². The van der Waals surface area contributed by atoms with Gasteiger partial charge in [-0.1, -0.05) is 0 Å². The lowest BCUT2D eigenvalue weighted by atomic mass is 10.3. The minimum Gasteiger partial charge on any atom is -0.481 e. The molecule has 1 aliphatic rings. The molecule has 1 aromatic rings. The van der Waals surface area contributed by atoms with Crippen LogP contribution in [0, 0.1) is 0 Å². The number of nitrogens with one attached hydrogen (secondary N) is 3. The van der Waals surface area contributed by atoms with Gasteiger partial charge in [0.25, 0.3) is 10.0 Å². The predicted molar refractivity (Wildman–Crippen MR) is 100 cm³/mol. The van der Waals surface area contributed by atoms with Gasteiger partial charge in [0, 0.05) is 6.08 Å². The number of ether oxygens (including phenoxy) is 3. The van der Waals surface area contributed by atoms with Gasteiger partial charge in [-0.05, 0) is 30.5 Å². The molecule has 2 amide bonds. The van der Waals surface area contributed by atoms with Crippen LogP contribution in [-0.4, -0.2) is 55.5 Å². The lowest BCUT2D eigenvalue weighted by Gasteiger charge is -2.21. The summed E-state index contributed by atoms with van der Waals surface area (Å²) in [6.07, 6.45) is 1.01. The molecule has 1 atom stereocenters. The lowest BCUT2D eigenvalue weighted by molar-refractivity contribution is 0.0183. The first kappa shape index (κ1) is 23.2. The Morgan fingerprint density at radius 3 is 2.45 bits per heavy atom. The van der Waals surface area contributed by atoms with Crippen LogP contribution < -0.4 is 24.2 Å². The number of urea groups is 1. The summed E-state index contributed by atoms with van der Waals surface area (Å²) >= 11 is 5.38. The number of nitrogens with zero attached hydrogens (tertiary/aromatic N) is 2. The van der Waals surface area contributed by atoms with E-state index in [9.17, 15) is 22.0 Å². The van der Waals surface area contributed by atoms with Crippen molar-refractivity contribution in [1.29, 1.82) is 0 Å². The van der Waals surface area contributed by atoms with E-state index in [4.69, 9.17) is 25.8 Å². The molecule has 29 heavy (non-hydrogen) atoms. The van der Waals surface area contributed by atoms with Gasteiger partial charge in [-0.2, -0.15) is 18.7 Å². The summed E-state index contributed by atoms with van der Waals surface area (Å²) in [6.45, 7) is 0.0318. The number of amides is 2. The van der Waals surface area contributed by atoms with Crippen LogP contribution in [-0.2, 0) is 14.8 Å². The van der Waals surface area contributed by atoms with Crippen LogP contribution in [0.3, 0.4) is 0 Å². The highest BCUT2D eigenvalue weighted by molar-refractivity contribution is 8.02. The van der Waals surface area contributed by atoms with Crippen molar-refractivity contribution in [1.82, 2.24) is 19.4 Å². The SMILES string of the molecule is COc1cc(OC)nc(NC(=O)NS(=O)(=O)C2(C)C=C(OCC(F)(F)Cl)SN2)n1. The summed E-state index contributed by atoms with van der Waals surface area (Å²) in [5, 5.41) is -1.64. The number of halogens is 3. The van der Waals surface area contributed by atoms with Gasteiger partial charge in [-0.25, -0.2) is 22.7 Å². The molecule has 1 aliphatic heterocycles. The van der Waals surface area contributed by atoms with Crippen molar-refractivity contribution in [3.05, 3.63) is 17.2 Å². The Hall–Kier alpha value is -2.10. The van der Waals surface area contributed by atoms with E-state index in [1.54, 1.807) is 4.72 Å². The van der Waals surface area contributed by atoms with E-state index in [0.717, 1.165) is 6.08 Å². The summed E-state index contributed by atoms with van der Waals surface area (Å²) < 4.78 is 69.2. The molecule has 1 aromatic heterocycles. The Kier molecular flexibility index (Phi) is 6.97. The molecule has 2 rings (SSSR count). The maximum absolute atomic E-state index is 12.7. The third-order valence-corrected chi connectivity index (χ3v) is 6.23. The number of alkyl halides is 3. The fourth-order valence-electron chi connectivity index (χ4n) is 1.82. The van der Waals surface area contributed by atoms with Crippen molar-refractivity contribution in [2.24, 2.45) is 0 Å². The maximum atomic E-state index is 12.7. The molecule has 0 bridgehead atoms. The lowest BCUT2D eigenvalue weighted by Crippen LogP contribution is -2.51. The molecule has 0 saturated carbocycles. The number of carbonyl (C=O) groups is 1. The van der Waals surface area contributed by atoms with Crippen LogP contribution in [0.4, 0.5) is 19.5 Å². The van der Waals surface area contributed by atoms with Crippen molar-refractivity contribution in [3.8, 4) is 11.8 Å². The third-order valence-electron chi connectivity index (χ3n) is 3.23. The van der Waals surface area contributed by atoms with Crippen molar-refractivity contribution in [3.63, 3.8) is 0 Å². The first-order valence-corrected chi connectivity index (χ1v) is 10.2. The highest BCUT2D eigenvalue weighted by Crippen LogP contribution is 2.33. The van der Waals surface area contributed by atoms with E-state index in [1.807, 2.05) is 0 Å². The Bertz CT molecular complexity index is 891. The number of aromatic nitrogens is 2. The smallest absolute Gasteiger partial charge is 0.355 e. The quantitative estimate of drug-likeness (QED) is 0.375. The van der Waals surface area contributed by atoms with E-state index in [0.29, 0.717) is 11.9 Å². The fourth-order valence-corrected chi connectivity index (χ4v) is 4.05. The van der Waals surface area contributed by atoms with E-state index in [1.165, 1.54) is 27.2 Å². The first-order chi connectivity index (χ1) is 13.4. The summed E-state index contributed by atoms with van der Waals surface area (Å²) in [5.41, 5.74) is 0. The normalized spacial score (nSPS) is 19.3. The standard InChI is InChI=1S/C13H16ClF2N5O6S2/c1-12(5-9(28-21-12)27-6-13(14,15)16)29(23,24)20-11(22)19-10-17-7(25-2)4-8(18-10)26-3/h4-5,21H,6H2,1-3H3,(H2,17,18,19,20,22). The molecular formula is C13H16ClF2N5O6S2. The minimum atomic E-state index is -4.39. The Morgan fingerprint density at radius 1 is 1.34 bits per heavy atom. The fraction of sp³-hybridized carbons (Fsp3) is 0.462. The topological polar surface area (TPSA) is 141 Å². The minimum absolute atomic E-state index is 0.0663. The van der Waals surface area contributed by atoms with Gasteiger partial charge in [0.05, 0.1) is 20.3 Å². The average molecular weight is 476 g/mol. The molecule has 0 spiro atoms. The van der Waals surface area contributed by atoms with Gasteiger partial charge in [-0.15, -0.1) is 0 Å². The van der Waals surface area contributed by atoms with E-state index in [-0.39, 0.29) is 22.8 Å².